The van der Waals surface area contributed by atoms with Gasteiger partial charge in [0.1, 0.15) is 12.0 Å². The molecule has 1 aromatic heterocycles. The lowest BCUT2D eigenvalue weighted by atomic mass is 10.2. The maximum absolute atomic E-state index is 5.29. The molecule has 146 valence electrons. The molecule has 0 bridgehead atoms. The Labute approximate surface area is 168 Å². The number of nitrogens with one attached hydrogen (secondary N) is 1. The largest absolute Gasteiger partial charge is 0.496 e. The van der Waals surface area contributed by atoms with E-state index in [1.807, 2.05) is 18.2 Å². The molecule has 1 aliphatic heterocycles. The maximum Gasteiger partial charge on any atom is 0.194 e. The lowest BCUT2D eigenvalue weighted by Crippen LogP contribution is -2.52. The SMILES string of the molecule is CCNC(=NCc1ccc(OC)c(Br)c1)N1CCN(Cc2ccon2)CC1. The van der Waals surface area contributed by atoms with Crippen LogP contribution in [0.4, 0.5) is 0 Å². The monoisotopic (exact) mass is 435 g/mol. The Bertz CT molecular complexity index is 743. The molecule has 1 N–H and O–H groups in total. The van der Waals surface area contributed by atoms with Gasteiger partial charge in [0.2, 0.25) is 0 Å². The summed E-state index contributed by atoms with van der Waals surface area (Å²) in [6.07, 6.45) is 1.62. The average Bonchev–Trinajstić information content (AvgIpc) is 3.19. The molecule has 2 heterocycles. The van der Waals surface area contributed by atoms with E-state index in [1.165, 1.54) is 0 Å². The molecule has 0 saturated carbocycles. The van der Waals surface area contributed by atoms with E-state index in [0.29, 0.717) is 6.54 Å². The summed E-state index contributed by atoms with van der Waals surface area (Å²) in [5.74, 6) is 1.79. The Kier molecular flexibility index (Phi) is 7.11. The summed E-state index contributed by atoms with van der Waals surface area (Å²) >= 11 is 3.54. The third-order valence-electron chi connectivity index (χ3n) is 4.51. The van der Waals surface area contributed by atoms with Gasteiger partial charge in [0.15, 0.2) is 5.96 Å². The molecule has 8 heteroatoms. The van der Waals surface area contributed by atoms with E-state index < -0.39 is 0 Å². The summed E-state index contributed by atoms with van der Waals surface area (Å²) in [4.78, 5) is 9.54. The number of aromatic nitrogens is 1. The van der Waals surface area contributed by atoms with Gasteiger partial charge < -0.3 is 19.5 Å². The van der Waals surface area contributed by atoms with Gasteiger partial charge in [-0.3, -0.25) is 4.90 Å². The van der Waals surface area contributed by atoms with Crippen LogP contribution in [0.15, 0.2) is 44.5 Å². The Hall–Kier alpha value is -2.06. The molecule has 1 aliphatic rings. The summed E-state index contributed by atoms with van der Waals surface area (Å²) in [7, 11) is 1.67. The van der Waals surface area contributed by atoms with Crippen molar-refractivity contribution < 1.29 is 9.26 Å². The van der Waals surface area contributed by atoms with Crippen LogP contribution in [0.25, 0.3) is 0 Å². The fraction of sp³-hybridized carbons (Fsp3) is 0.474. The van der Waals surface area contributed by atoms with Gasteiger partial charge in [-0.15, -0.1) is 0 Å². The Morgan fingerprint density at radius 2 is 2.11 bits per heavy atom. The molecule has 2 aromatic rings. The third kappa shape index (κ3) is 5.46. The minimum absolute atomic E-state index is 0.629. The van der Waals surface area contributed by atoms with E-state index in [9.17, 15) is 0 Å². The minimum Gasteiger partial charge on any atom is -0.496 e. The number of piperazine rings is 1. The number of hydrogen-bond donors (Lipinski definition) is 1. The van der Waals surface area contributed by atoms with Crippen molar-refractivity contribution in [2.75, 3.05) is 39.8 Å². The molecular weight excluding hydrogens is 410 g/mol. The third-order valence-corrected chi connectivity index (χ3v) is 5.13. The van der Waals surface area contributed by atoms with Gasteiger partial charge >= 0.3 is 0 Å². The summed E-state index contributed by atoms with van der Waals surface area (Å²) in [5, 5.41) is 7.41. The van der Waals surface area contributed by atoms with Crippen molar-refractivity contribution in [3.05, 3.63) is 46.3 Å². The van der Waals surface area contributed by atoms with Crippen molar-refractivity contribution in [2.24, 2.45) is 4.99 Å². The Morgan fingerprint density at radius 3 is 2.74 bits per heavy atom. The highest BCUT2D eigenvalue weighted by atomic mass is 79.9. The van der Waals surface area contributed by atoms with Gasteiger partial charge in [-0.05, 0) is 40.5 Å². The zero-order chi connectivity index (χ0) is 19.1. The smallest absolute Gasteiger partial charge is 0.194 e. The predicted molar refractivity (Wildman–Crippen MR) is 109 cm³/mol. The van der Waals surface area contributed by atoms with Crippen LogP contribution in [-0.4, -0.2) is 60.7 Å². The number of methoxy groups -OCH3 is 1. The van der Waals surface area contributed by atoms with Crippen LogP contribution in [0.2, 0.25) is 0 Å². The number of guanidine groups is 1. The number of hydrogen-bond acceptors (Lipinski definition) is 5. The van der Waals surface area contributed by atoms with Crippen molar-refractivity contribution in [3.63, 3.8) is 0 Å². The summed E-state index contributed by atoms with van der Waals surface area (Å²) < 4.78 is 11.2. The van der Waals surface area contributed by atoms with Gasteiger partial charge in [0.25, 0.3) is 0 Å². The van der Waals surface area contributed by atoms with E-state index in [1.54, 1.807) is 13.4 Å². The van der Waals surface area contributed by atoms with Crippen LogP contribution in [0.3, 0.4) is 0 Å². The van der Waals surface area contributed by atoms with Crippen molar-refractivity contribution in [1.82, 2.24) is 20.3 Å². The molecule has 1 saturated heterocycles. The second-order valence-electron chi connectivity index (χ2n) is 6.39. The van der Waals surface area contributed by atoms with Crippen LogP contribution >= 0.6 is 15.9 Å². The molecule has 7 nitrogen and oxygen atoms in total. The highest BCUT2D eigenvalue weighted by molar-refractivity contribution is 9.10. The van der Waals surface area contributed by atoms with E-state index in [2.05, 4.69) is 49.2 Å². The first-order valence-electron chi connectivity index (χ1n) is 9.17. The van der Waals surface area contributed by atoms with E-state index in [-0.39, 0.29) is 0 Å². The average molecular weight is 436 g/mol. The fourth-order valence-electron chi connectivity index (χ4n) is 3.07. The van der Waals surface area contributed by atoms with E-state index in [0.717, 1.165) is 66.7 Å². The quantitative estimate of drug-likeness (QED) is 0.555. The van der Waals surface area contributed by atoms with Gasteiger partial charge in [0.05, 0.1) is 23.8 Å². The Balaban J connectivity index is 1.58. The molecule has 0 spiro atoms. The first kappa shape index (κ1) is 19.7. The molecule has 1 aromatic carbocycles. The molecule has 0 aliphatic carbocycles. The van der Waals surface area contributed by atoms with E-state index >= 15 is 0 Å². The van der Waals surface area contributed by atoms with Crippen molar-refractivity contribution >= 4 is 21.9 Å². The zero-order valence-corrected chi connectivity index (χ0v) is 17.4. The first-order valence-corrected chi connectivity index (χ1v) is 9.96. The van der Waals surface area contributed by atoms with Gasteiger partial charge in [-0.1, -0.05) is 11.2 Å². The normalized spacial score (nSPS) is 15.8. The van der Waals surface area contributed by atoms with Crippen molar-refractivity contribution in [2.45, 2.75) is 20.0 Å². The number of halogens is 1. The second kappa shape index (κ2) is 9.75. The number of nitrogens with zero attached hydrogens (tertiary/aromatic N) is 4. The maximum atomic E-state index is 5.29. The van der Waals surface area contributed by atoms with Crippen LogP contribution in [0.5, 0.6) is 5.75 Å². The molecule has 0 atom stereocenters. The lowest BCUT2D eigenvalue weighted by molar-refractivity contribution is 0.169. The minimum atomic E-state index is 0.629. The number of aliphatic imine (C=N–C) groups is 1. The fourth-order valence-corrected chi connectivity index (χ4v) is 3.65. The van der Waals surface area contributed by atoms with Crippen molar-refractivity contribution in [1.29, 1.82) is 0 Å². The first-order chi connectivity index (χ1) is 13.2. The molecule has 3 rings (SSSR count). The molecular formula is C19H26BrN5O2. The molecule has 0 amide bonds. The van der Waals surface area contributed by atoms with E-state index in [4.69, 9.17) is 14.3 Å². The number of benzene rings is 1. The summed E-state index contributed by atoms with van der Waals surface area (Å²) in [5.41, 5.74) is 2.12. The Morgan fingerprint density at radius 1 is 1.30 bits per heavy atom. The number of ether oxygens (including phenoxy) is 1. The van der Waals surface area contributed by atoms with Gasteiger partial charge in [-0.2, -0.15) is 0 Å². The highest BCUT2D eigenvalue weighted by Gasteiger charge is 2.20. The predicted octanol–water partition coefficient (Wildman–Crippen LogP) is 2.73. The summed E-state index contributed by atoms with van der Waals surface area (Å²) in [6, 6.07) is 7.99. The molecule has 0 unspecified atom stereocenters. The molecule has 0 radical (unpaired) electrons. The van der Waals surface area contributed by atoms with Crippen LogP contribution in [0, 0.1) is 0 Å². The van der Waals surface area contributed by atoms with Crippen LogP contribution in [-0.2, 0) is 13.1 Å². The van der Waals surface area contributed by atoms with Crippen LogP contribution in [0.1, 0.15) is 18.2 Å². The molecule has 27 heavy (non-hydrogen) atoms. The van der Waals surface area contributed by atoms with Crippen molar-refractivity contribution in [3.8, 4) is 5.75 Å². The van der Waals surface area contributed by atoms with Crippen LogP contribution < -0.4 is 10.1 Å². The molecule has 1 fully saturated rings. The summed E-state index contributed by atoms with van der Waals surface area (Å²) in [6.45, 7) is 8.25. The van der Waals surface area contributed by atoms with Gasteiger partial charge in [-0.25, -0.2) is 4.99 Å². The highest BCUT2D eigenvalue weighted by Crippen LogP contribution is 2.25. The second-order valence-corrected chi connectivity index (χ2v) is 7.25. The lowest BCUT2D eigenvalue weighted by Gasteiger charge is -2.36. The standard InChI is InChI=1S/C19H26BrN5O2/c1-3-21-19(22-13-15-4-5-18(26-2)17(20)12-15)25-9-7-24(8-10-25)14-16-6-11-27-23-16/h4-6,11-12H,3,7-10,13-14H2,1-2H3,(H,21,22). The van der Waals surface area contributed by atoms with Gasteiger partial charge in [0, 0.05) is 45.3 Å². The zero-order valence-electron chi connectivity index (χ0n) is 15.8. The number of rotatable bonds is 6. The topological polar surface area (TPSA) is 66.1 Å².